The van der Waals surface area contributed by atoms with Crippen LogP contribution in [0.5, 0.6) is 0 Å². The molecule has 0 saturated carbocycles. The van der Waals surface area contributed by atoms with Gasteiger partial charge in [0.05, 0.1) is 0 Å². The Labute approximate surface area is 345 Å². The molecule has 0 N–H and O–H groups in total. The van der Waals surface area contributed by atoms with Gasteiger partial charge >= 0.3 is 17.9 Å². The van der Waals surface area contributed by atoms with Gasteiger partial charge in [0.15, 0.2) is 6.10 Å². The van der Waals surface area contributed by atoms with Gasteiger partial charge in [-0.05, 0) is 70.6 Å². The van der Waals surface area contributed by atoms with E-state index in [9.17, 15) is 14.4 Å². The summed E-state index contributed by atoms with van der Waals surface area (Å²) in [5.74, 6) is -0.968. The van der Waals surface area contributed by atoms with Crippen molar-refractivity contribution in [3.63, 3.8) is 0 Å². The van der Waals surface area contributed by atoms with Crippen molar-refractivity contribution in [2.24, 2.45) is 0 Å². The number of esters is 3. The van der Waals surface area contributed by atoms with E-state index in [2.05, 4.69) is 81.5 Å². The van der Waals surface area contributed by atoms with Crippen LogP contribution in [0.3, 0.4) is 0 Å². The second-order valence-electron chi connectivity index (χ2n) is 15.3. The first-order chi connectivity index (χ1) is 27.5. The van der Waals surface area contributed by atoms with Gasteiger partial charge in [0.25, 0.3) is 0 Å². The van der Waals surface area contributed by atoms with Crippen molar-refractivity contribution in [1.29, 1.82) is 0 Å². The summed E-state index contributed by atoms with van der Waals surface area (Å²) in [6, 6.07) is 0. The predicted molar refractivity (Wildman–Crippen MR) is 238 cm³/mol. The Morgan fingerprint density at radius 2 is 0.714 bits per heavy atom. The molecule has 6 nitrogen and oxygen atoms in total. The minimum atomic E-state index is -0.797. The zero-order valence-electron chi connectivity index (χ0n) is 36.6. The van der Waals surface area contributed by atoms with Crippen molar-refractivity contribution < 1.29 is 28.6 Å². The van der Waals surface area contributed by atoms with Gasteiger partial charge in [-0.1, -0.05) is 191 Å². The van der Waals surface area contributed by atoms with Crippen LogP contribution in [0.4, 0.5) is 0 Å². The number of allylic oxidation sites excluding steroid dienone is 10. The summed E-state index contributed by atoms with van der Waals surface area (Å²) in [4.78, 5) is 37.7. The van der Waals surface area contributed by atoms with Gasteiger partial charge in [0, 0.05) is 19.3 Å². The first-order valence-electron chi connectivity index (χ1n) is 23.3. The minimum Gasteiger partial charge on any atom is -0.462 e. The molecular formula is C50H86O6. The molecule has 1 unspecified atom stereocenters. The van der Waals surface area contributed by atoms with Crippen molar-refractivity contribution in [3.05, 3.63) is 60.8 Å². The SMILES string of the molecule is CC/C=C\C/C=C\C/C=C\CCCC(=O)OCC(COC(=O)CCCCCCCCCCCCCCCCC)OC(=O)CCCCCCC/C=C\C/C=C\CC. The second kappa shape index (κ2) is 44.8. The molecule has 0 aromatic carbocycles. The van der Waals surface area contributed by atoms with Crippen LogP contribution < -0.4 is 0 Å². The standard InChI is InChI=1S/C50H86O6/c1-4-7-10-13-16-19-22-24-25-26-29-31-34-37-40-43-49(52)55-46-47(45-54-48(51)42-39-36-33-30-27-21-18-15-12-9-6-3)56-50(53)44-41-38-35-32-28-23-20-17-14-11-8-5-2/h8-9,11-12,17-18,20-21,30,33,47H,4-7,10,13-16,19,22-29,31-32,34-46H2,1-3H3/b11-8-,12-9-,20-17-,21-18-,33-30-. The maximum absolute atomic E-state index is 12.7. The molecule has 0 amide bonds. The fourth-order valence-electron chi connectivity index (χ4n) is 6.33. The van der Waals surface area contributed by atoms with E-state index in [0.717, 1.165) is 96.3 Å². The van der Waals surface area contributed by atoms with E-state index in [-0.39, 0.29) is 37.5 Å². The van der Waals surface area contributed by atoms with Crippen molar-refractivity contribution in [1.82, 2.24) is 0 Å². The average molecular weight is 783 g/mol. The molecule has 0 radical (unpaired) electrons. The molecule has 322 valence electrons. The van der Waals surface area contributed by atoms with Crippen LogP contribution in [0.25, 0.3) is 0 Å². The molecular weight excluding hydrogens is 697 g/mol. The molecule has 0 aliphatic rings. The normalized spacial score (nSPS) is 12.6. The molecule has 0 spiro atoms. The number of unbranched alkanes of at least 4 members (excludes halogenated alkanes) is 20. The highest BCUT2D eigenvalue weighted by molar-refractivity contribution is 5.71. The van der Waals surface area contributed by atoms with Crippen molar-refractivity contribution in [3.8, 4) is 0 Å². The highest BCUT2D eigenvalue weighted by Crippen LogP contribution is 2.15. The highest BCUT2D eigenvalue weighted by Gasteiger charge is 2.19. The Morgan fingerprint density at radius 1 is 0.375 bits per heavy atom. The molecule has 0 aliphatic carbocycles. The molecule has 56 heavy (non-hydrogen) atoms. The summed E-state index contributed by atoms with van der Waals surface area (Å²) < 4.78 is 16.7. The van der Waals surface area contributed by atoms with E-state index in [1.807, 2.05) is 0 Å². The average Bonchev–Trinajstić information content (AvgIpc) is 3.19. The van der Waals surface area contributed by atoms with Gasteiger partial charge in [0.1, 0.15) is 13.2 Å². The van der Waals surface area contributed by atoms with Gasteiger partial charge in [-0.25, -0.2) is 0 Å². The number of rotatable bonds is 41. The van der Waals surface area contributed by atoms with Crippen LogP contribution in [0.15, 0.2) is 60.8 Å². The van der Waals surface area contributed by atoms with Gasteiger partial charge in [-0.3, -0.25) is 14.4 Å². The van der Waals surface area contributed by atoms with E-state index < -0.39 is 6.10 Å². The lowest BCUT2D eigenvalue weighted by Gasteiger charge is -2.18. The fraction of sp³-hybridized carbons (Fsp3) is 0.740. The molecule has 0 heterocycles. The first kappa shape index (κ1) is 53.1. The Kier molecular flexibility index (Phi) is 42.5. The molecule has 0 aliphatic heterocycles. The molecule has 0 saturated heterocycles. The minimum absolute atomic E-state index is 0.0944. The van der Waals surface area contributed by atoms with Gasteiger partial charge in [-0.15, -0.1) is 0 Å². The molecule has 0 bridgehead atoms. The highest BCUT2D eigenvalue weighted by atomic mass is 16.6. The van der Waals surface area contributed by atoms with Crippen molar-refractivity contribution in [2.45, 2.75) is 226 Å². The van der Waals surface area contributed by atoms with E-state index in [0.29, 0.717) is 19.3 Å². The second-order valence-corrected chi connectivity index (χ2v) is 15.3. The molecule has 0 fully saturated rings. The van der Waals surface area contributed by atoms with E-state index in [4.69, 9.17) is 14.2 Å². The number of hydrogen-bond donors (Lipinski definition) is 0. The van der Waals surface area contributed by atoms with Crippen LogP contribution in [0.2, 0.25) is 0 Å². The van der Waals surface area contributed by atoms with Crippen molar-refractivity contribution >= 4 is 17.9 Å². The molecule has 0 rings (SSSR count). The third-order valence-electron chi connectivity index (χ3n) is 9.77. The van der Waals surface area contributed by atoms with Gasteiger partial charge in [0.2, 0.25) is 0 Å². The summed E-state index contributed by atoms with van der Waals surface area (Å²) in [6.45, 7) is 6.34. The van der Waals surface area contributed by atoms with E-state index in [1.54, 1.807) is 0 Å². The van der Waals surface area contributed by atoms with Crippen LogP contribution in [-0.4, -0.2) is 37.2 Å². The topological polar surface area (TPSA) is 78.9 Å². The monoisotopic (exact) mass is 783 g/mol. The van der Waals surface area contributed by atoms with E-state index in [1.165, 1.54) is 77.0 Å². The Bertz CT molecular complexity index is 1040. The third kappa shape index (κ3) is 42.3. The van der Waals surface area contributed by atoms with Crippen LogP contribution in [0, 0.1) is 0 Å². The summed E-state index contributed by atoms with van der Waals surface area (Å²) in [5, 5.41) is 0. The zero-order valence-corrected chi connectivity index (χ0v) is 36.6. The first-order valence-corrected chi connectivity index (χ1v) is 23.3. The molecule has 6 heteroatoms. The summed E-state index contributed by atoms with van der Waals surface area (Å²) in [6.07, 6.45) is 53.6. The lowest BCUT2D eigenvalue weighted by molar-refractivity contribution is -0.167. The lowest BCUT2D eigenvalue weighted by atomic mass is 10.0. The molecule has 1 atom stereocenters. The van der Waals surface area contributed by atoms with E-state index >= 15 is 0 Å². The maximum atomic E-state index is 12.7. The largest absolute Gasteiger partial charge is 0.462 e. The van der Waals surface area contributed by atoms with Gasteiger partial charge in [-0.2, -0.15) is 0 Å². The van der Waals surface area contributed by atoms with Gasteiger partial charge < -0.3 is 14.2 Å². The van der Waals surface area contributed by atoms with Crippen molar-refractivity contribution in [2.75, 3.05) is 13.2 Å². The Morgan fingerprint density at radius 3 is 1.16 bits per heavy atom. The third-order valence-corrected chi connectivity index (χ3v) is 9.77. The number of carbonyl (C=O) groups is 3. The van der Waals surface area contributed by atoms with Crippen LogP contribution in [-0.2, 0) is 28.6 Å². The summed E-state index contributed by atoms with van der Waals surface area (Å²) >= 11 is 0. The smallest absolute Gasteiger partial charge is 0.306 e. The Hall–Kier alpha value is -2.89. The fourth-order valence-corrected chi connectivity index (χ4v) is 6.33. The quantitative estimate of drug-likeness (QED) is 0.0266. The maximum Gasteiger partial charge on any atom is 0.306 e. The summed E-state index contributed by atoms with van der Waals surface area (Å²) in [5.41, 5.74) is 0. The Balaban J connectivity index is 4.41. The molecule has 0 aromatic heterocycles. The lowest BCUT2D eigenvalue weighted by Crippen LogP contribution is -2.30. The number of hydrogen-bond acceptors (Lipinski definition) is 6. The number of ether oxygens (including phenoxy) is 3. The van der Waals surface area contributed by atoms with Crippen LogP contribution in [0.1, 0.15) is 220 Å². The number of carbonyl (C=O) groups excluding carboxylic acids is 3. The predicted octanol–water partition coefficient (Wildman–Crippen LogP) is 14.9. The zero-order chi connectivity index (χ0) is 40.8. The van der Waals surface area contributed by atoms with Crippen LogP contribution >= 0.6 is 0 Å². The summed E-state index contributed by atoms with van der Waals surface area (Å²) in [7, 11) is 0. The molecule has 0 aromatic rings.